The number of carbonyl (C=O) groups is 2. The van der Waals surface area contributed by atoms with Crippen molar-refractivity contribution in [2.45, 2.75) is 6.61 Å². The zero-order chi connectivity index (χ0) is 23.2. The van der Waals surface area contributed by atoms with Crippen LogP contribution >= 0.6 is 0 Å². The molecule has 3 aromatic carbocycles. The second-order valence-electron chi connectivity index (χ2n) is 7.11. The lowest BCUT2D eigenvalue weighted by molar-refractivity contribution is -0.128. The normalized spacial score (nSPS) is 10.9. The summed E-state index contributed by atoms with van der Waals surface area (Å²) in [6.07, 6.45) is 2.90. The summed E-state index contributed by atoms with van der Waals surface area (Å²) < 4.78 is 16.1. The first kappa shape index (κ1) is 21.6. The Bertz CT molecular complexity index is 1390. The predicted molar refractivity (Wildman–Crippen MR) is 123 cm³/mol. The zero-order valence-electron chi connectivity index (χ0n) is 17.4. The number of carbonyl (C=O) groups excluding carboxylic acids is 2. The van der Waals surface area contributed by atoms with E-state index in [1.165, 1.54) is 24.3 Å². The molecule has 33 heavy (non-hydrogen) atoms. The molecule has 7 nitrogen and oxygen atoms in total. The average molecular weight is 441 g/mol. The highest BCUT2D eigenvalue weighted by Gasteiger charge is 2.11. The zero-order valence-corrected chi connectivity index (χ0v) is 17.4. The molecule has 1 aromatic heterocycles. The number of nitrogens with two attached hydrogens (primary N) is 1. The minimum Gasteiger partial charge on any atom is -0.489 e. The van der Waals surface area contributed by atoms with Gasteiger partial charge in [-0.15, -0.1) is 0 Å². The molecule has 0 radical (unpaired) electrons. The minimum absolute atomic E-state index is 0.172. The van der Waals surface area contributed by atoms with E-state index in [1.807, 2.05) is 54.6 Å². The van der Waals surface area contributed by atoms with Crippen molar-refractivity contribution in [3.05, 3.63) is 112 Å². The molecule has 0 saturated carbocycles. The molecule has 0 aliphatic carbocycles. The summed E-state index contributed by atoms with van der Waals surface area (Å²) >= 11 is 0. The van der Waals surface area contributed by atoms with Gasteiger partial charge in [-0.25, -0.2) is 9.59 Å². The van der Waals surface area contributed by atoms with Crippen molar-refractivity contribution >= 4 is 28.9 Å². The van der Waals surface area contributed by atoms with Gasteiger partial charge in [0.1, 0.15) is 29.3 Å². The van der Waals surface area contributed by atoms with E-state index in [0.717, 1.165) is 16.9 Å². The molecule has 0 aliphatic rings. The largest absolute Gasteiger partial charge is 0.489 e. The molecule has 4 aromatic rings. The van der Waals surface area contributed by atoms with E-state index in [4.69, 9.17) is 19.6 Å². The molecular formula is C26H19NO6. The van der Waals surface area contributed by atoms with Crippen LogP contribution in [0, 0.1) is 0 Å². The fourth-order valence-corrected chi connectivity index (χ4v) is 3.06. The van der Waals surface area contributed by atoms with Gasteiger partial charge >= 0.3 is 11.6 Å². The van der Waals surface area contributed by atoms with Crippen molar-refractivity contribution in [1.82, 2.24) is 0 Å². The van der Waals surface area contributed by atoms with E-state index in [9.17, 15) is 14.4 Å². The fraction of sp³-hybridized carbons (Fsp3) is 0.0385. The number of benzene rings is 3. The van der Waals surface area contributed by atoms with Crippen molar-refractivity contribution in [2.24, 2.45) is 5.73 Å². The van der Waals surface area contributed by atoms with Gasteiger partial charge in [-0.2, -0.15) is 0 Å². The lowest BCUT2D eigenvalue weighted by Crippen LogP contribution is -2.20. The summed E-state index contributed by atoms with van der Waals surface area (Å²) in [5.41, 5.74) is 6.09. The first-order chi connectivity index (χ1) is 16.0. The SMILES string of the molecule is NC(=O)c1cc2ccc(OC(=O)C=Cc3ccc(OCc4ccccc4)cc3)cc2oc1=O. The Labute approximate surface area is 188 Å². The van der Waals surface area contributed by atoms with E-state index in [2.05, 4.69) is 0 Å². The first-order valence-electron chi connectivity index (χ1n) is 10.0. The van der Waals surface area contributed by atoms with Gasteiger partial charge in [-0.3, -0.25) is 4.79 Å². The van der Waals surface area contributed by atoms with Gasteiger partial charge < -0.3 is 19.6 Å². The van der Waals surface area contributed by atoms with Crippen molar-refractivity contribution in [2.75, 3.05) is 0 Å². The monoisotopic (exact) mass is 441 g/mol. The maximum absolute atomic E-state index is 12.2. The third-order valence-electron chi connectivity index (χ3n) is 4.73. The van der Waals surface area contributed by atoms with Crippen molar-refractivity contribution in [3.8, 4) is 11.5 Å². The molecule has 0 saturated heterocycles. The van der Waals surface area contributed by atoms with Crippen LogP contribution in [0.15, 0.2) is 94.2 Å². The van der Waals surface area contributed by atoms with Gasteiger partial charge in [-0.1, -0.05) is 42.5 Å². The van der Waals surface area contributed by atoms with Gasteiger partial charge in [0.05, 0.1) is 0 Å². The molecular weight excluding hydrogens is 422 g/mol. The molecule has 0 unspecified atom stereocenters. The molecule has 0 atom stereocenters. The number of hydrogen-bond donors (Lipinski definition) is 1. The van der Waals surface area contributed by atoms with Crippen molar-refractivity contribution in [3.63, 3.8) is 0 Å². The first-order valence-corrected chi connectivity index (χ1v) is 10.0. The number of ether oxygens (including phenoxy) is 2. The highest BCUT2D eigenvalue weighted by molar-refractivity contribution is 5.95. The summed E-state index contributed by atoms with van der Waals surface area (Å²) in [4.78, 5) is 35.2. The van der Waals surface area contributed by atoms with Gasteiger partial charge in [0.25, 0.3) is 5.91 Å². The molecule has 1 heterocycles. The van der Waals surface area contributed by atoms with Gasteiger partial charge in [0.15, 0.2) is 0 Å². The van der Waals surface area contributed by atoms with Crippen LogP contribution in [-0.2, 0) is 11.4 Å². The Balaban J connectivity index is 1.37. The maximum atomic E-state index is 12.2. The smallest absolute Gasteiger partial charge is 0.349 e. The Kier molecular flexibility index (Phi) is 6.31. The second-order valence-corrected chi connectivity index (χ2v) is 7.11. The molecule has 0 aliphatic heterocycles. The average Bonchev–Trinajstić information content (AvgIpc) is 2.82. The summed E-state index contributed by atoms with van der Waals surface area (Å²) in [5.74, 6) is -0.565. The second kappa shape index (κ2) is 9.65. The topological polar surface area (TPSA) is 109 Å². The molecule has 0 fully saturated rings. The van der Waals surface area contributed by atoms with Gasteiger partial charge in [-0.05, 0) is 47.5 Å². The van der Waals surface area contributed by atoms with E-state index >= 15 is 0 Å². The molecule has 1 amide bonds. The van der Waals surface area contributed by atoms with Crippen LogP contribution in [0.1, 0.15) is 21.5 Å². The van der Waals surface area contributed by atoms with Crippen LogP contribution in [-0.4, -0.2) is 11.9 Å². The summed E-state index contributed by atoms with van der Waals surface area (Å²) in [7, 11) is 0. The Morgan fingerprint density at radius 2 is 1.64 bits per heavy atom. The van der Waals surface area contributed by atoms with Crippen LogP contribution in [0.2, 0.25) is 0 Å². The third-order valence-corrected chi connectivity index (χ3v) is 4.73. The van der Waals surface area contributed by atoms with E-state index in [0.29, 0.717) is 12.0 Å². The number of rotatable bonds is 7. The minimum atomic E-state index is -0.873. The van der Waals surface area contributed by atoms with Crippen LogP contribution < -0.4 is 20.8 Å². The number of amides is 1. The molecule has 164 valence electrons. The maximum Gasteiger partial charge on any atom is 0.349 e. The third kappa shape index (κ3) is 5.54. The van der Waals surface area contributed by atoms with Crippen LogP contribution in [0.5, 0.6) is 11.5 Å². The Hall–Kier alpha value is -4.65. The van der Waals surface area contributed by atoms with Crippen molar-refractivity contribution in [1.29, 1.82) is 0 Å². The number of hydrogen-bond acceptors (Lipinski definition) is 6. The van der Waals surface area contributed by atoms with Crippen molar-refractivity contribution < 1.29 is 23.5 Å². The lowest BCUT2D eigenvalue weighted by Gasteiger charge is -2.06. The van der Waals surface area contributed by atoms with E-state index in [-0.39, 0.29) is 16.9 Å². The predicted octanol–water partition coefficient (Wildman–Crippen LogP) is 4.09. The Morgan fingerprint density at radius 3 is 2.36 bits per heavy atom. The molecule has 4 rings (SSSR count). The number of primary amides is 1. The summed E-state index contributed by atoms with van der Waals surface area (Å²) in [6, 6.07) is 23.0. The molecule has 0 bridgehead atoms. The Morgan fingerprint density at radius 1 is 0.909 bits per heavy atom. The summed E-state index contributed by atoms with van der Waals surface area (Å²) in [5, 5.41) is 0.480. The van der Waals surface area contributed by atoms with Crippen LogP contribution in [0.25, 0.3) is 17.0 Å². The standard InChI is InChI=1S/C26H19NO6/c27-25(29)22-14-19-9-12-21(15-23(19)33-26(22)30)32-24(28)13-8-17-6-10-20(11-7-17)31-16-18-4-2-1-3-5-18/h1-15H,16H2,(H2,27,29). The van der Waals surface area contributed by atoms with Gasteiger partial charge in [0, 0.05) is 17.5 Å². The summed E-state index contributed by atoms with van der Waals surface area (Å²) in [6.45, 7) is 0.470. The lowest BCUT2D eigenvalue weighted by atomic mass is 10.1. The number of fused-ring (bicyclic) bond motifs is 1. The highest BCUT2D eigenvalue weighted by atomic mass is 16.5. The van der Waals surface area contributed by atoms with Crippen LogP contribution in [0.4, 0.5) is 0 Å². The highest BCUT2D eigenvalue weighted by Crippen LogP contribution is 2.21. The van der Waals surface area contributed by atoms with Gasteiger partial charge in [0.2, 0.25) is 0 Å². The van der Waals surface area contributed by atoms with E-state index in [1.54, 1.807) is 12.1 Å². The number of esters is 1. The molecule has 7 heteroatoms. The van der Waals surface area contributed by atoms with Crippen LogP contribution in [0.3, 0.4) is 0 Å². The molecule has 2 N–H and O–H groups in total. The quantitative estimate of drug-likeness (QED) is 0.200. The van der Waals surface area contributed by atoms with E-state index < -0.39 is 17.5 Å². The molecule has 0 spiro atoms. The fourth-order valence-electron chi connectivity index (χ4n) is 3.06.